The van der Waals surface area contributed by atoms with Gasteiger partial charge in [-0.15, -0.1) is 0 Å². The minimum atomic E-state index is -1.28. The molecule has 1 aromatic heterocycles. The van der Waals surface area contributed by atoms with Crippen LogP contribution in [-0.4, -0.2) is 35.0 Å². The van der Waals surface area contributed by atoms with Crippen molar-refractivity contribution in [2.24, 2.45) is 5.92 Å². The van der Waals surface area contributed by atoms with E-state index in [2.05, 4.69) is 15.6 Å². The molecule has 1 aliphatic rings. The van der Waals surface area contributed by atoms with Crippen LogP contribution in [0.2, 0.25) is 4.34 Å². The Morgan fingerprint density at radius 2 is 1.96 bits per heavy atom. The SMILES string of the molecule is COc1ccc(NC(=O)Nc2nc(C(=O)O)c(Cl)s2)c(C(=O)C2CCCC2)c1. The van der Waals surface area contributed by atoms with Crippen molar-refractivity contribution in [2.75, 3.05) is 17.7 Å². The van der Waals surface area contributed by atoms with Gasteiger partial charge in [-0.25, -0.2) is 14.6 Å². The number of urea groups is 1. The molecule has 2 amide bonds. The summed E-state index contributed by atoms with van der Waals surface area (Å²) in [5.74, 6) is -0.858. The van der Waals surface area contributed by atoms with E-state index in [9.17, 15) is 14.4 Å². The first kappa shape index (κ1) is 20.1. The van der Waals surface area contributed by atoms with Gasteiger partial charge in [0.05, 0.1) is 12.8 Å². The number of methoxy groups -OCH3 is 1. The summed E-state index contributed by atoms with van der Waals surface area (Å²) in [5.41, 5.74) is 0.393. The van der Waals surface area contributed by atoms with E-state index in [1.807, 2.05) is 0 Å². The number of hydrogen-bond donors (Lipinski definition) is 3. The molecule has 3 rings (SSSR count). The zero-order chi connectivity index (χ0) is 20.3. The Labute approximate surface area is 169 Å². The smallest absolute Gasteiger partial charge is 0.357 e. The first-order valence-electron chi connectivity index (χ1n) is 8.59. The number of aromatic carboxylic acids is 1. The van der Waals surface area contributed by atoms with Crippen LogP contribution in [0.3, 0.4) is 0 Å². The second-order valence-electron chi connectivity index (χ2n) is 6.28. The number of carbonyl (C=O) groups is 3. The summed E-state index contributed by atoms with van der Waals surface area (Å²) >= 11 is 6.63. The molecule has 0 aliphatic heterocycles. The molecule has 1 saturated carbocycles. The van der Waals surface area contributed by atoms with Crippen LogP contribution in [-0.2, 0) is 0 Å². The third kappa shape index (κ3) is 4.42. The summed E-state index contributed by atoms with van der Waals surface area (Å²) in [6.45, 7) is 0. The number of nitrogens with one attached hydrogen (secondary N) is 2. The fourth-order valence-electron chi connectivity index (χ4n) is 3.11. The van der Waals surface area contributed by atoms with E-state index in [1.165, 1.54) is 7.11 Å². The van der Waals surface area contributed by atoms with Gasteiger partial charge < -0.3 is 15.2 Å². The van der Waals surface area contributed by atoms with Crippen LogP contribution in [0.15, 0.2) is 18.2 Å². The van der Waals surface area contributed by atoms with Crippen LogP contribution in [0.5, 0.6) is 5.75 Å². The number of halogens is 1. The minimum Gasteiger partial charge on any atom is -0.497 e. The molecule has 0 saturated heterocycles. The maximum absolute atomic E-state index is 12.9. The Bertz CT molecular complexity index is 924. The Hall–Kier alpha value is -2.65. The van der Waals surface area contributed by atoms with E-state index in [1.54, 1.807) is 18.2 Å². The number of aromatic nitrogens is 1. The van der Waals surface area contributed by atoms with Gasteiger partial charge >= 0.3 is 12.0 Å². The molecule has 0 unspecified atom stereocenters. The summed E-state index contributed by atoms with van der Waals surface area (Å²) in [6.07, 6.45) is 3.69. The van der Waals surface area contributed by atoms with Crippen molar-refractivity contribution in [1.82, 2.24) is 4.98 Å². The lowest BCUT2D eigenvalue weighted by molar-refractivity contribution is 0.0691. The number of ether oxygens (including phenoxy) is 1. The number of amides is 2. The molecule has 1 aliphatic carbocycles. The van der Waals surface area contributed by atoms with Gasteiger partial charge in [0.2, 0.25) is 0 Å². The zero-order valence-corrected chi connectivity index (χ0v) is 16.5. The number of anilines is 2. The highest BCUT2D eigenvalue weighted by molar-refractivity contribution is 7.20. The van der Waals surface area contributed by atoms with Crippen LogP contribution < -0.4 is 15.4 Å². The second-order valence-corrected chi connectivity index (χ2v) is 7.88. The lowest BCUT2D eigenvalue weighted by Gasteiger charge is -2.15. The van der Waals surface area contributed by atoms with Crippen molar-refractivity contribution in [3.05, 3.63) is 33.8 Å². The van der Waals surface area contributed by atoms with Crippen molar-refractivity contribution in [1.29, 1.82) is 0 Å². The van der Waals surface area contributed by atoms with Gasteiger partial charge in [-0.1, -0.05) is 35.8 Å². The topological polar surface area (TPSA) is 118 Å². The number of carboxylic acids is 1. The first-order chi connectivity index (χ1) is 13.4. The maximum atomic E-state index is 12.9. The minimum absolute atomic E-state index is 0.0304. The van der Waals surface area contributed by atoms with Crippen molar-refractivity contribution in [2.45, 2.75) is 25.7 Å². The van der Waals surface area contributed by atoms with Gasteiger partial charge in [-0.2, -0.15) is 0 Å². The molecule has 1 heterocycles. The van der Waals surface area contributed by atoms with Crippen molar-refractivity contribution >= 4 is 51.5 Å². The molecule has 0 atom stereocenters. The highest BCUT2D eigenvalue weighted by atomic mass is 35.5. The van der Waals surface area contributed by atoms with E-state index in [4.69, 9.17) is 21.4 Å². The average molecular weight is 424 g/mol. The largest absolute Gasteiger partial charge is 0.497 e. The van der Waals surface area contributed by atoms with Gasteiger partial charge in [0.15, 0.2) is 16.6 Å². The normalized spacial score (nSPS) is 13.9. The maximum Gasteiger partial charge on any atom is 0.357 e. The molecule has 3 N–H and O–H groups in total. The predicted molar refractivity (Wildman–Crippen MR) is 106 cm³/mol. The number of carbonyl (C=O) groups excluding carboxylic acids is 2. The van der Waals surface area contributed by atoms with E-state index in [-0.39, 0.29) is 26.9 Å². The Morgan fingerprint density at radius 1 is 1.25 bits per heavy atom. The standard InChI is InChI=1S/C18H18ClN3O5S/c1-27-10-6-7-12(11(8-10)14(23)9-4-2-3-5-9)20-17(26)22-18-21-13(16(24)25)15(19)28-18/h6-9H,2-5H2,1H3,(H,24,25)(H2,20,21,22,26). The number of hydrogen-bond acceptors (Lipinski definition) is 6. The molecular formula is C18H18ClN3O5S. The van der Waals surface area contributed by atoms with E-state index in [0.29, 0.717) is 17.0 Å². The van der Waals surface area contributed by atoms with Gasteiger partial charge in [0, 0.05) is 11.5 Å². The number of nitrogens with zero attached hydrogens (tertiary/aromatic N) is 1. The molecule has 2 aromatic rings. The van der Waals surface area contributed by atoms with Gasteiger partial charge in [0.1, 0.15) is 10.1 Å². The highest BCUT2D eigenvalue weighted by Gasteiger charge is 2.26. The van der Waals surface area contributed by atoms with Crippen LogP contribution >= 0.6 is 22.9 Å². The van der Waals surface area contributed by atoms with Crippen LogP contribution in [0.4, 0.5) is 15.6 Å². The van der Waals surface area contributed by atoms with Crippen molar-refractivity contribution in [3.8, 4) is 5.75 Å². The fraction of sp³-hybridized carbons (Fsp3) is 0.333. The lowest BCUT2D eigenvalue weighted by Crippen LogP contribution is -2.22. The van der Waals surface area contributed by atoms with Crippen molar-refractivity contribution in [3.63, 3.8) is 0 Å². The molecule has 0 bridgehead atoms. The number of carboxylic acid groups (broad SMARTS) is 1. The van der Waals surface area contributed by atoms with Gasteiger partial charge in [-0.05, 0) is 31.0 Å². The lowest BCUT2D eigenvalue weighted by atomic mass is 9.95. The Morgan fingerprint density at radius 3 is 2.57 bits per heavy atom. The quantitative estimate of drug-likeness (QED) is 0.588. The third-order valence-corrected chi connectivity index (χ3v) is 5.64. The molecule has 1 fully saturated rings. The van der Waals surface area contributed by atoms with Gasteiger partial charge in [-0.3, -0.25) is 10.1 Å². The van der Waals surface area contributed by atoms with E-state index in [0.717, 1.165) is 37.0 Å². The highest BCUT2D eigenvalue weighted by Crippen LogP contribution is 2.32. The zero-order valence-electron chi connectivity index (χ0n) is 15.0. The fourth-order valence-corrected chi connectivity index (χ4v) is 4.13. The van der Waals surface area contributed by atoms with Crippen LogP contribution in [0.25, 0.3) is 0 Å². The summed E-state index contributed by atoms with van der Waals surface area (Å²) in [7, 11) is 1.51. The molecular weight excluding hydrogens is 406 g/mol. The van der Waals surface area contributed by atoms with Crippen molar-refractivity contribution < 1.29 is 24.2 Å². The molecule has 8 nitrogen and oxygen atoms in total. The Balaban J connectivity index is 1.79. The van der Waals surface area contributed by atoms with E-state index >= 15 is 0 Å². The summed E-state index contributed by atoms with van der Waals surface area (Å²) < 4.78 is 5.16. The second kappa shape index (κ2) is 8.57. The first-order valence-corrected chi connectivity index (χ1v) is 9.78. The summed E-state index contributed by atoms with van der Waals surface area (Å²) in [5, 5.41) is 14.1. The summed E-state index contributed by atoms with van der Waals surface area (Å²) in [6, 6.07) is 4.19. The molecule has 0 spiro atoms. The monoisotopic (exact) mass is 423 g/mol. The van der Waals surface area contributed by atoms with Gasteiger partial charge in [0.25, 0.3) is 0 Å². The van der Waals surface area contributed by atoms with E-state index < -0.39 is 12.0 Å². The van der Waals surface area contributed by atoms with Crippen LogP contribution in [0, 0.1) is 5.92 Å². The molecule has 0 radical (unpaired) electrons. The Kier molecular flexibility index (Phi) is 6.15. The number of rotatable bonds is 6. The average Bonchev–Trinajstić information content (AvgIpc) is 3.31. The number of benzene rings is 1. The predicted octanol–water partition coefficient (Wildman–Crippen LogP) is 4.52. The number of ketones is 1. The third-order valence-electron chi connectivity index (χ3n) is 4.48. The molecule has 10 heteroatoms. The van der Waals surface area contributed by atoms with Crippen LogP contribution in [0.1, 0.15) is 46.5 Å². The number of Topliss-reactive ketones (excluding diaryl/α,β-unsaturated/α-hetero) is 1. The molecule has 1 aromatic carbocycles. The number of thiazole rings is 1. The molecule has 148 valence electrons. The molecule has 28 heavy (non-hydrogen) atoms. The summed E-state index contributed by atoms with van der Waals surface area (Å²) in [4.78, 5) is 40.0.